The third-order valence-electron chi connectivity index (χ3n) is 4.90. The van der Waals surface area contributed by atoms with E-state index < -0.39 is 5.97 Å². The molecule has 1 saturated heterocycles. The highest BCUT2D eigenvalue weighted by atomic mass is 19.1. The first kappa shape index (κ1) is 22.1. The number of carboxylic acid groups (broad SMARTS) is 1. The van der Waals surface area contributed by atoms with Crippen LogP contribution in [0.4, 0.5) is 4.39 Å². The van der Waals surface area contributed by atoms with E-state index in [0.29, 0.717) is 24.2 Å². The Hall–Kier alpha value is -3.22. The topological polar surface area (TPSA) is 83.9 Å². The van der Waals surface area contributed by atoms with Crippen LogP contribution in [0.25, 0.3) is 0 Å². The number of esters is 1. The Morgan fingerprint density at radius 1 is 1.24 bits per heavy atom. The average molecular weight is 401 g/mol. The van der Waals surface area contributed by atoms with Gasteiger partial charge in [-0.25, -0.2) is 9.18 Å². The van der Waals surface area contributed by atoms with E-state index in [0.717, 1.165) is 18.4 Å². The highest BCUT2D eigenvalue weighted by Crippen LogP contribution is 2.24. The van der Waals surface area contributed by atoms with Crippen LogP contribution < -0.4 is 0 Å². The van der Waals surface area contributed by atoms with Gasteiger partial charge in [-0.2, -0.15) is 0 Å². The van der Waals surface area contributed by atoms with E-state index in [2.05, 4.69) is 0 Å². The molecule has 3 rings (SSSR count). The Morgan fingerprint density at radius 3 is 2.52 bits per heavy atom. The summed E-state index contributed by atoms with van der Waals surface area (Å²) in [6.45, 7) is 2.73. The lowest BCUT2D eigenvalue weighted by Crippen LogP contribution is -2.30. The van der Waals surface area contributed by atoms with Gasteiger partial charge in [0, 0.05) is 13.1 Å². The van der Waals surface area contributed by atoms with Crippen LogP contribution in [-0.2, 0) is 16.0 Å². The largest absolute Gasteiger partial charge is 0.483 e. The molecule has 1 fully saturated rings. The van der Waals surface area contributed by atoms with Gasteiger partial charge in [0.25, 0.3) is 12.4 Å². The summed E-state index contributed by atoms with van der Waals surface area (Å²) < 4.78 is 18.5. The van der Waals surface area contributed by atoms with Crippen molar-refractivity contribution in [3.63, 3.8) is 0 Å². The molecule has 154 valence electrons. The maximum absolute atomic E-state index is 13.7. The molecule has 29 heavy (non-hydrogen) atoms. The number of amides is 1. The molecule has 0 aliphatic carbocycles. The molecular weight excluding hydrogens is 377 g/mol. The Bertz CT molecular complexity index is 883. The van der Waals surface area contributed by atoms with Crippen molar-refractivity contribution in [1.29, 1.82) is 0 Å². The van der Waals surface area contributed by atoms with Crippen molar-refractivity contribution in [2.24, 2.45) is 5.92 Å². The predicted molar refractivity (Wildman–Crippen MR) is 105 cm³/mol. The van der Waals surface area contributed by atoms with E-state index in [1.807, 2.05) is 6.07 Å². The summed E-state index contributed by atoms with van der Waals surface area (Å²) in [5.74, 6) is -0.588. The second kappa shape index (κ2) is 10.4. The number of carbonyl (C=O) groups is 3. The Labute approximate surface area is 168 Å². The zero-order chi connectivity index (χ0) is 21.4. The standard InChI is InChI=1S/C21H22FNO3.CH2O2/c1-14-7-8-15(12-19(14)22)11-16-9-10-23(13-16)20(24)17-5-3-4-6-18(17)21(25)26-2;2-1-3/h3-8,12,16H,9-11,13H2,1-2H3;1H,(H,2,3). The second-order valence-electron chi connectivity index (χ2n) is 6.84. The highest BCUT2D eigenvalue weighted by molar-refractivity contribution is 6.05. The Morgan fingerprint density at radius 2 is 1.90 bits per heavy atom. The molecule has 6 nitrogen and oxygen atoms in total. The van der Waals surface area contributed by atoms with Crippen molar-refractivity contribution >= 4 is 18.3 Å². The van der Waals surface area contributed by atoms with Crippen LogP contribution in [0.15, 0.2) is 42.5 Å². The molecule has 7 heteroatoms. The van der Waals surface area contributed by atoms with Crippen molar-refractivity contribution in [1.82, 2.24) is 4.90 Å². The molecule has 2 aromatic carbocycles. The van der Waals surface area contributed by atoms with Crippen LogP contribution in [-0.4, -0.2) is 48.6 Å². The molecule has 0 saturated carbocycles. The lowest BCUT2D eigenvalue weighted by Gasteiger charge is -2.18. The van der Waals surface area contributed by atoms with Crippen LogP contribution in [0.2, 0.25) is 0 Å². The minimum Gasteiger partial charge on any atom is -0.483 e. The molecule has 1 atom stereocenters. The molecule has 0 spiro atoms. The van der Waals surface area contributed by atoms with Crippen molar-refractivity contribution in [2.75, 3.05) is 20.2 Å². The summed E-state index contributed by atoms with van der Waals surface area (Å²) in [6, 6.07) is 12.0. The molecule has 1 amide bonds. The number of hydrogen-bond acceptors (Lipinski definition) is 4. The first-order valence-corrected chi connectivity index (χ1v) is 9.20. The van der Waals surface area contributed by atoms with E-state index in [4.69, 9.17) is 14.6 Å². The third kappa shape index (κ3) is 5.63. The van der Waals surface area contributed by atoms with E-state index in [-0.39, 0.29) is 29.7 Å². The third-order valence-corrected chi connectivity index (χ3v) is 4.90. The van der Waals surface area contributed by atoms with Crippen molar-refractivity contribution in [3.8, 4) is 0 Å². The van der Waals surface area contributed by atoms with Gasteiger partial charge < -0.3 is 14.7 Å². The fourth-order valence-corrected chi connectivity index (χ4v) is 3.41. The lowest BCUT2D eigenvalue weighted by molar-refractivity contribution is -0.122. The van der Waals surface area contributed by atoms with Crippen molar-refractivity contribution in [3.05, 3.63) is 70.5 Å². The van der Waals surface area contributed by atoms with Crippen LogP contribution in [0.3, 0.4) is 0 Å². The molecule has 1 heterocycles. The Balaban J connectivity index is 0.000000941. The summed E-state index contributed by atoms with van der Waals surface area (Å²) in [6.07, 6.45) is 1.60. The summed E-state index contributed by atoms with van der Waals surface area (Å²) in [5.41, 5.74) is 2.23. The number of nitrogens with zero attached hydrogens (tertiary/aromatic N) is 1. The van der Waals surface area contributed by atoms with Gasteiger partial charge in [-0.1, -0.05) is 24.3 Å². The molecular formula is C22H24FNO5. The maximum Gasteiger partial charge on any atom is 0.338 e. The maximum atomic E-state index is 13.7. The molecule has 1 unspecified atom stereocenters. The quantitative estimate of drug-likeness (QED) is 0.628. The molecule has 0 bridgehead atoms. The van der Waals surface area contributed by atoms with Gasteiger partial charge in [0.05, 0.1) is 18.2 Å². The number of hydrogen-bond donors (Lipinski definition) is 1. The minimum absolute atomic E-state index is 0.163. The van der Waals surface area contributed by atoms with Crippen LogP contribution in [0.5, 0.6) is 0 Å². The van der Waals surface area contributed by atoms with E-state index >= 15 is 0 Å². The molecule has 0 aromatic heterocycles. The van der Waals surface area contributed by atoms with Gasteiger partial charge in [0.15, 0.2) is 0 Å². The zero-order valence-electron chi connectivity index (χ0n) is 16.4. The smallest absolute Gasteiger partial charge is 0.338 e. The van der Waals surface area contributed by atoms with E-state index in [1.54, 1.807) is 48.2 Å². The molecule has 0 radical (unpaired) electrons. The monoisotopic (exact) mass is 401 g/mol. The van der Waals surface area contributed by atoms with Gasteiger partial charge >= 0.3 is 5.97 Å². The summed E-state index contributed by atoms with van der Waals surface area (Å²) in [5, 5.41) is 6.89. The van der Waals surface area contributed by atoms with Gasteiger partial charge in [0.2, 0.25) is 0 Å². The van der Waals surface area contributed by atoms with Crippen molar-refractivity contribution < 1.29 is 28.6 Å². The molecule has 2 aromatic rings. The molecule has 1 aliphatic heterocycles. The van der Waals surface area contributed by atoms with Gasteiger partial charge in [0.1, 0.15) is 5.82 Å². The first-order chi connectivity index (χ1) is 13.9. The average Bonchev–Trinajstić information content (AvgIpc) is 3.18. The van der Waals surface area contributed by atoms with E-state index in [9.17, 15) is 14.0 Å². The number of ether oxygens (including phenoxy) is 1. The van der Waals surface area contributed by atoms with Crippen LogP contribution >= 0.6 is 0 Å². The SMILES string of the molecule is COC(=O)c1ccccc1C(=O)N1CCC(Cc2ccc(C)c(F)c2)C1.O=CO. The molecule has 1 aliphatic rings. The zero-order valence-corrected chi connectivity index (χ0v) is 16.4. The van der Waals surface area contributed by atoms with Gasteiger partial charge in [-0.05, 0) is 55.0 Å². The molecule has 1 N–H and O–H groups in total. The number of rotatable bonds is 4. The highest BCUT2D eigenvalue weighted by Gasteiger charge is 2.29. The summed E-state index contributed by atoms with van der Waals surface area (Å²) in [4.78, 5) is 34.9. The second-order valence-corrected chi connectivity index (χ2v) is 6.84. The number of aryl methyl sites for hydroxylation is 1. The minimum atomic E-state index is -0.514. The Kier molecular flexibility index (Phi) is 7.88. The number of benzene rings is 2. The lowest BCUT2D eigenvalue weighted by atomic mass is 9.98. The van der Waals surface area contributed by atoms with Crippen LogP contribution in [0, 0.1) is 18.7 Å². The summed E-state index contributed by atoms with van der Waals surface area (Å²) in [7, 11) is 1.30. The fraction of sp³-hybridized carbons (Fsp3) is 0.318. The van der Waals surface area contributed by atoms with Crippen LogP contribution in [0.1, 0.15) is 38.3 Å². The first-order valence-electron chi connectivity index (χ1n) is 9.20. The van der Waals surface area contributed by atoms with Crippen molar-refractivity contribution in [2.45, 2.75) is 19.8 Å². The van der Waals surface area contributed by atoms with Gasteiger partial charge in [-0.15, -0.1) is 0 Å². The summed E-state index contributed by atoms with van der Waals surface area (Å²) >= 11 is 0. The van der Waals surface area contributed by atoms with E-state index in [1.165, 1.54) is 7.11 Å². The fourth-order valence-electron chi connectivity index (χ4n) is 3.41. The normalized spacial score (nSPS) is 15.3. The number of likely N-dealkylation sites (tertiary alicyclic amines) is 1. The van der Waals surface area contributed by atoms with Gasteiger partial charge in [-0.3, -0.25) is 9.59 Å². The number of halogens is 1. The number of methoxy groups -OCH3 is 1. The predicted octanol–water partition coefficient (Wildman–Crippen LogP) is 3.33. The number of carbonyl (C=O) groups excluding carboxylic acids is 2.